The summed E-state index contributed by atoms with van der Waals surface area (Å²) in [6, 6.07) is 8.82. The largest absolute Gasteiger partial charge is 0.352 e. The van der Waals surface area contributed by atoms with Crippen molar-refractivity contribution in [3.63, 3.8) is 0 Å². The molecule has 2 heterocycles. The van der Waals surface area contributed by atoms with Crippen LogP contribution in [0.1, 0.15) is 23.3 Å². The molecule has 0 spiro atoms. The van der Waals surface area contributed by atoms with Crippen molar-refractivity contribution in [2.75, 3.05) is 18.4 Å². The average molecular weight is 336 g/mol. The fourth-order valence-corrected chi connectivity index (χ4v) is 2.93. The number of nitrogens with one attached hydrogen (secondary N) is 1. The third-order valence-corrected chi connectivity index (χ3v) is 4.24. The van der Waals surface area contributed by atoms with Gasteiger partial charge >= 0.3 is 0 Å². The maximum atomic E-state index is 12.2. The summed E-state index contributed by atoms with van der Waals surface area (Å²) in [5.74, 6) is -0.0141. The van der Waals surface area contributed by atoms with Crippen molar-refractivity contribution in [1.82, 2.24) is 9.88 Å². The molecule has 1 aliphatic rings. The maximum absolute atomic E-state index is 12.2. The summed E-state index contributed by atoms with van der Waals surface area (Å²) in [7, 11) is 0. The standard InChI is InChI=1S/C16H15Cl2N3O/c17-12-4-3-5-13(18)15(12)20-11-6-7-14(19-10-11)16(22)21-8-1-2-9-21/h3-7,10,20H,1-2,8-9H2. The first-order chi connectivity index (χ1) is 10.6. The van der Waals surface area contributed by atoms with Crippen LogP contribution >= 0.6 is 23.2 Å². The molecule has 0 atom stereocenters. The molecule has 1 aliphatic heterocycles. The molecule has 0 radical (unpaired) electrons. The van der Waals surface area contributed by atoms with Crippen LogP contribution in [0, 0.1) is 0 Å². The number of anilines is 2. The summed E-state index contributed by atoms with van der Waals surface area (Å²) in [5.41, 5.74) is 1.82. The van der Waals surface area contributed by atoms with E-state index in [2.05, 4.69) is 10.3 Å². The number of hydrogen-bond donors (Lipinski definition) is 1. The Hall–Kier alpha value is -1.78. The van der Waals surface area contributed by atoms with Gasteiger partial charge in [-0.3, -0.25) is 4.79 Å². The molecule has 22 heavy (non-hydrogen) atoms. The topological polar surface area (TPSA) is 45.2 Å². The zero-order valence-electron chi connectivity index (χ0n) is 11.9. The number of carbonyl (C=O) groups excluding carboxylic acids is 1. The molecule has 6 heteroatoms. The lowest BCUT2D eigenvalue weighted by molar-refractivity contribution is 0.0787. The number of para-hydroxylation sites is 1. The van der Waals surface area contributed by atoms with Gasteiger partial charge in [0.25, 0.3) is 5.91 Å². The minimum Gasteiger partial charge on any atom is -0.352 e. The van der Waals surface area contributed by atoms with Crippen molar-refractivity contribution in [2.45, 2.75) is 12.8 Å². The van der Waals surface area contributed by atoms with Crippen LogP contribution < -0.4 is 5.32 Å². The quantitative estimate of drug-likeness (QED) is 0.905. The third-order valence-electron chi connectivity index (χ3n) is 3.61. The maximum Gasteiger partial charge on any atom is 0.272 e. The molecule has 0 saturated carbocycles. The summed E-state index contributed by atoms with van der Waals surface area (Å²) in [5, 5.41) is 4.19. The number of likely N-dealkylation sites (tertiary alicyclic amines) is 1. The van der Waals surface area contributed by atoms with Gasteiger partial charge in [-0.1, -0.05) is 29.3 Å². The van der Waals surface area contributed by atoms with Crippen LogP contribution in [0.25, 0.3) is 0 Å². The number of amides is 1. The van der Waals surface area contributed by atoms with Gasteiger partial charge in [-0.15, -0.1) is 0 Å². The molecule has 1 amide bonds. The van der Waals surface area contributed by atoms with E-state index in [1.807, 2.05) is 4.90 Å². The van der Waals surface area contributed by atoms with Crippen molar-refractivity contribution in [1.29, 1.82) is 0 Å². The number of rotatable bonds is 3. The Labute approximate surface area is 139 Å². The molecule has 1 fully saturated rings. The van der Waals surface area contributed by atoms with Crippen LogP contribution in [0.4, 0.5) is 11.4 Å². The molecule has 2 aromatic rings. The van der Waals surface area contributed by atoms with E-state index in [-0.39, 0.29) is 5.91 Å². The third kappa shape index (κ3) is 3.18. The highest BCUT2D eigenvalue weighted by Crippen LogP contribution is 2.32. The Bertz CT molecular complexity index is 662. The van der Waals surface area contributed by atoms with Gasteiger partial charge in [-0.25, -0.2) is 4.98 Å². The van der Waals surface area contributed by atoms with Gasteiger partial charge in [-0.2, -0.15) is 0 Å². The molecule has 114 valence electrons. The van der Waals surface area contributed by atoms with E-state index >= 15 is 0 Å². The number of pyridine rings is 1. The van der Waals surface area contributed by atoms with Crippen LogP contribution in [0.5, 0.6) is 0 Å². The highest BCUT2D eigenvalue weighted by molar-refractivity contribution is 6.39. The second-order valence-corrected chi connectivity index (χ2v) is 5.97. The van der Waals surface area contributed by atoms with Crippen LogP contribution in [0.3, 0.4) is 0 Å². The lowest BCUT2D eigenvalue weighted by Crippen LogP contribution is -2.28. The van der Waals surface area contributed by atoms with Crippen LogP contribution in [0.2, 0.25) is 10.0 Å². The Morgan fingerprint density at radius 2 is 1.77 bits per heavy atom. The smallest absolute Gasteiger partial charge is 0.272 e. The minimum absolute atomic E-state index is 0.0141. The molecule has 3 rings (SSSR count). The summed E-state index contributed by atoms with van der Waals surface area (Å²) in [4.78, 5) is 18.3. The SMILES string of the molecule is O=C(c1ccc(Nc2c(Cl)cccc2Cl)cn1)N1CCCC1. The lowest BCUT2D eigenvalue weighted by Gasteiger charge is -2.15. The lowest BCUT2D eigenvalue weighted by atomic mass is 10.2. The van der Waals surface area contributed by atoms with Crippen molar-refractivity contribution in [3.8, 4) is 0 Å². The Kier molecular flexibility index (Phi) is 4.50. The van der Waals surface area contributed by atoms with Crippen molar-refractivity contribution >= 4 is 40.5 Å². The number of nitrogens with zero attached hydrogens (tertiary/aromatic N) is 2. The molecular formula is C16H15Cl2N3O. The monoisotopic (exact) mass is 335 g/mol. The predicted octanol–water partition coefficient (Wildman–Crippen LogP) is 4.37. The zero-order valence-corrected chi connectivity index (χ0v) is 13.4. The molecule has 1 N–H and O–H groups in total. The first kappa shape index (κ1) is 15.1. The van der Waals surface area contributed by atoms with E-state index in [1.54, 1.807) is 36.5 Å². The van der Waals surface area contributed by atoms with E-state index in [0.717, 1.165) is 31.6 Å². The van der Waals surface area contributed by atoms with E-state index in [9.17, 15) is 4.79 Å². The summed E-state index contributed by atoms with van der Waals surface area (Å²) in [6.07, 6.45) is 3.75. The number of halogens is 2. The van der Waals surface area contributed by atoms with Gasteiger partial charge in [-0.05, 0) is 37.1 Å². The van der Waals surface area contributed by atoms with E-state index < -0.39 is 0 Å². The average Bonchev–Trinajstić information content (AvgIpc) is 3.05. The minimum atomic E-state index is -0.0141. The second kappa shape index (κ2) is 6.55. The highest BCUT2D eigenvalue weighted by atomic mass is 35.5. The van der Waals surface area contributed by atoms with Gasteiger partial charge in [0.05, 0.1) is 27.6 Å². The Balaban J connectivity index is 1.75. The molecule has 4 nitrogen and oxygen atoms in total. The molecule has 1 aromatic carbocycles. The van der Waals surface area contributed by atoms with Crippen molar-refractivity contribution in [2.24, 2.45) is 0 Å². The van der Waals surface area contributed by atoms with E-state index in [1.165, 1.54) is 0 Å². The van der Waals surface area contributed by atoms with E-state index in [4.69, 9.17) is 23.2 Å². The molecule has 1 saturated heterocycles. The molecular weight excluding hydrogens is 321 g/mol. The summed E-state index contributed by atoms with van der Waals surface area (Å²) >= 11 is 12.2. The van der Waals surface area contributed by atoms with Gasteiger partial charge < -0.3 is 10.2 Å². The van der Waals surface area contributed by atoms with Gasteiger partial charge in [0.15, 0.2) is 0 Å². The van der Waals surface area contributed by atoms with Crippen molar-refractivity contribution < 1.29 is 4.79 Å². The number of benzene rings is 1. The fourth-order valence-electron chi connectivity index (χ4n) is 2.44. The highest BCUT2D eigenvalue weighted by Gasteiger charge is 2.20. The predicted molar refractivity (Wildman–Crippen MR) is 89.1 cm³/mol. The van der Waals surface area contributed by atoms with Gasteiger partial charge in [0.2, 0.25) is 0 Å². The Morgan fingerprint density at radius 1 is 1.09 bits per heavy atom. The Morgan fingerprint density at radius 3 is 2.36 bits per heavy atom. The first-order valence-electron chi connectivity index (χ1n) is 7.11. The van der Waals surface area contributed by atoms with Gasteiger partial charge in [0.1, 0.15) is 5.69 Å². The van der Waals surface area contributed by atoms with E-state index in [0.29, 0.717) is 21.4 Å². The zero-order chi connectivity index (χ0) is 15.5. The second-order valence-electron chi connectivity index (χ2n) is 5.15. The fraction of sp³-hybridized carbons (Fsp3) is 0.250. The number of carbonyl (C=O) groups is 1. The molecule has 0 aliphatic carbocycles. The molecule has 0 unspecified atom stereocenters. The number of aromatic nitrogens is 1. The number of hydrogen-bond acceptors (Lipinski definition) is 3. The van der Waals surface area contributed by atoms with Crippen LogP contribution in [-0.4, -0.2) is 28.9 Å². The van der Waals surface area contributed by atoms with Gasteiger partial charge in [0, 0.05) is 13.1 Å². The van der Waals surface area contributed by atoms with Crippen LogP contribution in [0.15, 0.2) is 36.5 Å². The summed E-state index contributed by atoms with van der Waals surface area (Å²) in [6.45, 7) is 1.63. The van der Waals surface area contributed by atoms with Crippen LogP contribution in [-0.2, 0) is 0 Å². The molecule has 0 bridgehead atoms. The normalized spacial score (nSPS) is 14.2. The molecule has 1 aromatic heterocycles. The first-order valence-corrected chi connectivity index (χ1v) is 7.87. The summed E-state index contributed by atoms with van der Waals surface area (Å²) < 4.78 is 0. The van der Waals surface area contributed by atoms with Crippen molar-refractivity contribution in [3.05, 3.63) is 52.3 Å².